The molecular weight excluding hydrogens is 251 g/mol. The first-order chi connectivity index (χ1) is 8.97. The number of nitrogens with one attached hydrogen (secondary N) is 1. The first-order valence-electron chi connectivity index (χ1n) is 5.95. The van der Waals surface area contributed by atoms with E-state index in [2.05, 4.69) is 5.32 Å². The molecule has 19 heavy (non-hydrogen) atoms. The molecule has 0 aliphatic carbocycles. The summed E-state index contributed by atoms with van der Waals surface area (Å²) in [5.41, 5.74) is 1.12. The van der Waals surface area contributed by atoms with Gasteiger partial charge in [-0.15, -0.1) is 0 Å². The lowest BCUT2D eigenvalue weighted by atomic mass is 10.1. The molecular formula is C15H14F3N. The topological polar surface area (TPSA) is 12.0 Å². The van der Waals surface area contributed by atoms with Crippen LogP contribution in [0.15, 0.2) is 54.6 Å². The third-order valence-corrected chi connectivity index (χ3v) is 2.89. The van der Waals surface area contributed by atoms with Gasteiger partial charge in [-0.3, -0.25) is 0 Å². The molecule has 0 aliphatic rings. The number of hydrogen-bond acceptors (Lipinski definition) is 1. The van der Waals surface area contributed by atoms with E-state index < -0.39 is 11.7 Å². The molecule has 2 rings (SSSR count). The van der Waals surface area contributed by atoms with Crippen molar-refractivity contribution < 1.29 is 13.2 Å². The summed E-state index contributed by atoms with van der Waals surface area (Å²) in [4.78, 5) is 0. The summed E-state index contributed by atoms with van der Waals surface area (Å²) in [7, 11) is 0. The molecule has 2 aromatic carbocycles. The lowest BCUT2D eigenvalue weighted by Crippen LogP contribution is -2.08. The van der Waals surface area contributed by atoms with Crippen LogP contribution in [0.25, 0.3) is 0 Å². The SMILES string of the molecule is CC(Nc1ccc(C(F)(F)F)cc1)c1ccccc1. The average molecular weight is 265 g/mol. The van der Waals surface area contributed by atoms with Crippen molar-refractivity contribution in [1.82, 2.24) is 0 Å². The molecule has 4 heteroatoms. The van der Waals surface area contributed by atoms with Crippen molar-refractivity contribution in [1.29, 1.82) is 0 Å². The van der Waals surface area contributed by atoms with Gasteiger partial charge in [0.25, 0.3) is 0 Å². The zero-order valence-electron chi connectivity index (χ0n) is 10.4. The second-order valence-electron chi connectivity index (χ2n) is 4.35. The van der Waals surface area contributed by atoms with Crippen molar-refractivity contribution in [3.8, 4) is 0 Å². The maximum atomic E-state index is 12.4. The number of anilines is 1. The zero-order valence-corrected chi connectivity index (χ0v) is 10.4. The first kappa shape index (κ1) is 13.5. The molecule has 1 nitrogen and oxygen atoms in total. The number of hydrogen-bond donors (Lipinski definition) is 1. The van der Waals surface area contributed by atoms with Crippen molar-refractivity contribution in [2.45, 2.75) is 19.1 Å². The van der Waals surface area contributed by atoms with Gasteiger partial charge in [-0.05, 0) is 36.8 Å². The Morgan fingerprint density at radius 3 is 2.00 bits per heavy atom. The number of alkyl halides is 3. The van der Waals surface area contributed by atoms with Crippen LogP contribution in [0.1, 0.15) is 24.1 Å². The Hall–Kier alpha value is -1.97. The van der Waals surface area contributed by atoms with Crippen LogP contribution in [0.5, 0.6) is 0 Å². The smallest absolute Gasteiger partial charge is 0.379 e. The van der Waals surface area contributed by atoms with E-state index in [1.807, 2.05) is 37.3 Å². The first-order valence-corrected chi connectivity index (χ1v) is 5.95. The summed E-state index contributed by atoms with van der Waals surface area (Å²) in [5.74, 6) is 0. The summed E-state index contributed by atoms with van der Waals surface area (Å²) in [5, 5.41) is 3.17. The fraction of sp³-hybridized carbons (Fsp3) is 0.200. The van der Waals surface area contributed by atoms with Gasteiger partial charge in [-0.2, -0.15) is 13.2 Å². The van der Waals surface area contributed by atoms with E-state index in [0.29, 0.717) is 5.69 Å². The van der Waals surface area contributed by atoms with Crippen LogP contribution >= 0.6 is 0 Å². The van der Waals surface area contributed by atoms with Crippen molar-refractivity contribution in [3.05, 3.63) is 65.7 Å². The van der Waals surface area contributed by atoms with Crippen LogP contribution in [0.4, 0.5) is 18.9 Å². The molecule has 2 aromatic rings. The Balaban J connectivity index is 2.08. The molecule has 0 bridgehead atoms. The largest absolute Gasteiger partial charge is 0.416 e. The molecule has 1 atom stereocenters. The highest BCUT2D eigenvalue weighted by atomic mass is 19.4. The van der Waals surface area contributed by atoms with Crippen molar-refractivity contribution in [3.63, 3.8) is 0 Å². The third-order valence-electron chi connectivity index (χ3n) is 2.89. The molecule has 100 valence electrons. The van der Waals surface area contributed by atoms with Crippen LogP contribution in [0, 0.1) is 0 Å². The van der Waals surface area contributed by atoms with Gasteiger partial charge < -0.3 is 5.32 Å². The standard InChI is InChI=1S/C15H14F3N/c1-11(12-5-3-2-4-6-12)19-14-9-7-13(8-10-14)15(16,17)18/h2-11,19H,1H3. The number of benzene rings is 2. The minimum absolute atomic E-state index is 0.0398. The lowest BCUT2D eigenvalue weighted by molar-refractivity contribution is -0.137. The quantitative estimate of drug-likeness (QED) is 0.834. The molecule has 0 radical (unpaired) electrons. The molecule has 0 saturated heterocycles. The molecule has 0 aromatic heterocycles. The maximum absolute atomic E-state index is 12.4. The van der Waals surface area contributed by atoms with E-state index in [9.17, 15) is 13.2 Å². The lowest BCUT2D eigenvalue weighted by Gasteiger charge is -2.16. The molecule has 0 spiro atoms. The van der Waals surface area contributed by atoms with Crippen molar-refractivity contribution in [2.75, 3.05) is 5.32 Å². The summed E-state index contributed by atoms with van der Waals surface area (Å²) >= 11 is 0. The Labute approximate surface area is 110 Å². The second kappa shape index (κ2) is 5.34. The van der Waals surface area contributed by atoms with Gasteiger partial charge in [0.2, 0.25) is 0 Å². The van der Waals surface area contributed by atoms with Crippen molar-refractivity contribution >= 4 is 5.69 Å². The zero-order chi connectivity index (χ0) is 13.9. The van der Waals surface area contributed by atoms with E-state index in [1.54, 1.807) is 0 Å². The van der Waals surface area contributed by atoms with E-state index >= 15 is 0 Å². The summed E-state index contributed by atoms with van der Waals surface area (Å²) in [6, 6.07) is 14.8. The van der Waals surface area contributed by atoms with Crippen LogP contribution in [-0.2, 0) is 6.18 Å². The summed E-state index contributed by atoms with van der Waals surface area (Å²) < 4.78 is 37.3. The van der Waals surface area contributed by atoms with Crippen LogP contribution in [-0.4, -0.2) is 0 Å². The highest BCUT2D eigenvalue weighted by molar-refractivity contribution is 5.47. The molecule has 1 N–H and O–H groups in total. The Morgan fingerprint density at radius 1 is 0.895 bits per heavy atom. The van der Waals surface area contributed by atoms with Gasteiger partial charge in [0.05, 0.1) is 5.56 Å². The summed E-state index contributed by atoms with van der Waals surface area (Å²) in [6.45, 7) is 1.97. The monoisotopic (exact) mass is 265 g/mol. The molecule has 0 heterocycles. The normalized spacial score (nSPS) is 13.1. The van der Waals surface area contributed by atoms with Gasteiger partial charge in [-0.25, -0.2) is 0 Å². The maximum Gasteiger partial charge on any atom is 0.416 e. The minimum Gasteiger partial charge on any atom is -0.379 e. The third kappa shape index (κ3) is 3.50. The molecule has 0 saturated carbocycles. The predicted molar refractivity (Wildman–Crippen MR) is 69.9 cm³/mol. The second-order valence-corrected chi connectivity index (χ2v) is 4.35. The highest BCUT2D eigenvalue weighted by Gasteiger charge is 2.29. The van der Waals surface area contributed by atoms with Gasteiger partial charge >= 0.3 is 6.18 Å². The van der Waals surface area contributed by atoms with Crippen LogP contribution in [0.3, 0.4) is 0 Å². The molecule has 1 unspecified atom stereocenters. The molecule has 0 amide bonds. The average Bonchev–Trinajstić information content (AvgIpc) is 2.39. The fourth-order valence-corrected chi connectivity index (χ4v) is 1.83. The van der Waals surface area contributed by atoms with Crippen molar-refractivity contribution in [2.24, 2.45) is 0 Å². The highest BCUT2D eigenvalue weighted by Crippen LogP contribution is 2.30. The Morgan fingerprint density at radius 2 is 1.47 bits per heavy atom. The van der Waals surface area contributed by atoms with Gasteiger partial charge in [0.15, 0.2) is 0 Å². The Kier molecular flexibility index (Phi) is 3.79. The summed E-state index contributed by atoms with van der Waals surface area (Å²) in [6.07, 6.45) is -4.29. The predicted octanol–water partition coefficient (Wildman–Crippen LogP) is 4.88. The Bertz CT molecular complexity index is 517. The number of halogens is 3. The molecule has 0 aliphatic heterocycles. The number of rotatable bonds is 3. The van der Waals surface area contributed by atoms with E-state index in [4.69, 9.17) is 0 Å². The molecule has 0 fully saturated rings. The van der Waals surface area contributed by atoms with Crippen LogP contribution in [0.2, 0.25) is 0 Å². The van der Waals surface area contributed by atoms with Gasteiger partial charge in [0.1, 0.15) is 0 Å². The van der Waals surface area contributed by atoms with Gasteiger partial charge in [-0.1, -0.05) is 30.3 Å². The van der Waals surface area contributed by atoms with E-state index in [1.165, 1.54) is 12.1 Å². The van der Waals surface area contributed by atoms with E-state index in [-0.39, 0.29) is 6.04 Å². The fourth-order valence-electron chi connectivity index (χ4n) is 1.83. The van der Waals surface area contributed by atoms with E-state index in [0.717, 1.165) is 17.7 Å². The minimum atomic E-state index is -4.29. The van der Waals surface area contributed by atoms with Crippen LogP contribution < -0.4 is 5.32 Å². The van der Waals surface area contributed by atoms with Gasteiger partial charge in [0, 0.05) is 11.7 Å².